The Morgan fingerprint density at radius 3 is 2.69 bits per heavy atom. The zero-order valence-corrected chi connectivity index (χ0v) is 10.5. The zero-order valence-electron chi connectivity index (χ0n) is 8.87. The summed E-state index contributed by atoms with van der Waals surface area (Å²) in [5.74, 6) is 0.440. The van der Waals surface area contributed by atoms with Crippen molar-refractivity contribution in [2.45, 2.75) is 12.2 Å². The number of aromatic nitrogens is 1. The molecular weight excluding hydrogens is 262 g/mol. The van der Waals surface area contributed by atoms with E-state index >= 15 is 0 Å². The van der Waals surface area contributed by atoms with Crippen LogP contribution in [0.2, 0.25) is 0 Å². The van der Waals surface area contributed by atoms with E-state index in [0.29, 0.717) is 5.82 Å². The normalized spacial score (nSPS) is 12.5. The first-order valence-electron chi connectivity index (χ1n) is 4.52. The van der Waals surface area contributed by atoms with Crippen molar-refractivity contribution in [3.8, 4) is 0 Å². The number of hydrogen-bond donors (Lipinski definition) is 2. The minimum Gasteiger partial charge on any atom is -0.410 e. The first-order valence-corrected chi connectivity index (χ1v) is 5.31. The largest absolute Gasteiger partial charge is 0.410 e. The Bertz CT molecular complexity index is 415. The highest BCUT2D eigenvalue weighted by Gasteiger charge is 2.06. The lowest BCUT2D eigenvalue weighted by atomic mass is 9.49. The van der Waals surface area contributed by atoms with Crippen LogP contribution in [0.15, 0.2) is 22.9 Å². The zero-order chi connectivity index (χ0) is 12.3. The second kappa shape index (κ2) is 5.00. The number of nitrogens with zero attached hydrogens (tertiary/aromatic N) is 1. The van der Waals surface area contributed by atoms with E-state index in [9.17, 15) is 0 Å². The van der Waals surface area contributed by atoms with Crippen molar-refractivity contribution in [3.05, 3.63) is 28.5 Å². The summed E-state index contributed by atoms with van der Waals surface area (Å²) in [4.78, 5) is 4.01. The molecule has 0 aliphatic carbocycles. The molecule has 0 saturated heterocycles. The molecule has 0 saturated carbocycles. The van der Waals surface area contributed by atoms with Crippen LogP contribution in [-0.4, -0.2) is 33.8 Å². The molecule has 1 rings (SSSR count). The molecule has 0 fully saturated rings. The van der Waals surface area contributed by atoms with Crippen LogP contribution in [0.5, 0.6) is 0 Å². The predicted molar refractivity (Wildman–Crippen MR) is 73.1 cm³/mol. The monoisotopic (exact) mass is 271 g/mol. The fourth-order valence-electron chi connectivity index (χ4n) is 0.981. The second-order valence-corrected chi connectivity index (χ2v) is 4.35. The van der Waals surface area contributed by atoms with Crippen LogP contribution in [0.4, 0.5) is 5.82 Å². The van der Waals surface area contributed by atoms with Crippen LogP contribution >= 0.6 is 15.9 Å². The maximum absolute atomic E-state index is 5.58. The van der Waals surface area contributed by atoms with E-state index in [2.05, 4.69) is 26.2 Å². The van der Waals surface area contributed by atoms with Crippen molar-refractivity contribution in [2.75, 3.05) is 5.73 Å². The van der Waals surface area contributed by atoms with Crippen molar-refractivity contribution in [1.82, 2.24) is 10.3 Å². The van der Waals surface area contributed by atoms with Gasteiger partial charge in [0.2, 0.25) is 0 Å². The van der Waals surface area contributed by atoms with Gasteiger partial charge in [-0.05, 0) is 46.3 Å². The van der Waals surface area contributed by atoms with Gasteiger partial charge in [-0.1, -0.05) is 5.24 Å². The average Bonchev–Trinajstić information content (AvgIpc) is 2.17. The number of nitrogen functional groups attached to an aromatic ring is 1. The third-order valence-electron chi connectivity index (χ3n) is 1.86. The summed E-state index contributed by atoms with van der Waals surface area (Å²) in [6, 6.07) is 1.85. The van der Waals surface area contributed by atoms with Crippen molar-refractivity contribution in [2.24, 2.45) is 0 Å². The van der Waals surface area contributed by atoms with Crippen LogP contribution < -0.4 is 11.1 Å². The Kier molecular flexibility index (Phi) is 4.13. The molecule has 0 aliphatic heterocycles. The summed E-state index contributed by atoms with van der Waals surface area (Å²) in [7, 11) is 16.1. The van der Waals surface area contributed by atoms with Crippen LogP contribution in [-0.2, 0) is 0 Å². The summed E-state index contributed by atoms with van der Waals surface area (Å²) >= 11 is 3.30. The van der Waals surface area contributed by atoms with Crippen LogP contribution in [0, 0.1) is 0 Å². The third-order valence-corrected chi connectivity index (χ3v) is 2.50. The number of rotatable bonds is 3. The summed E-state index contributed by atoms with van der Waals surface area (Å²) in [5, 5.41) is 1.22. The predicted octanol–water partition coefficient (Wildman–Crippen LogP) is 0.494. The number of nitrogens with two attached hydrogens (primary N) is 1. The van der Waals surface area contributed by atoms with E-state index in [0.717, 1.165) is 15.6 Å². The summed E-state index contributed by atoms with van der Waals surface area (Å²) in [5.41, 5.74) is 7.35. The Balaban J connectivity index is 2.88. The molecule has 3 N–H and O–H groups in total. The lowest BCUT2D eigenvalue weighted by molar-refractivity contribution is 0.916. The van der Waals surface area contributed by atoms with E-state index in [4.69, 9.17) is 29.3 Å². The Labute approximate surface area is 108 Å². The molecule has 0 spiro atoms. The molecule has 0 atom stereocenters. The highest BCUT2D eigenvalue weighted by atomic mass is 79.9. The third kappa shape index (κ3) is 3.97. The average molecular weight is 272 g/mol. The SMILES string of the molecule is [B]C([B])([B])N/C=C(\C)c1cnc(N)c(Br)c1. The van der Waals surface area contributed by atoms with Gasteiger partial charge in [0.1, 0.15) is 5.82 Å². The van der Waals surface area contributed by atoms with E-state index in [1.165, 1.54) is 0 Å². The maximum Gasteiger partial charge on any atom is 0.137 e. The molecule has 0 aromatic carbocycles. The highest BCUT2D eigenvalue weighted by Crippen LogP contribution is 2.21. The molecule has 76 valence electrons. The summed E-state index contributed by atoms with van der Waals surface area (Å²) < 4.78 is 0.734. The number of pyridine rings is 1. The van der Waals surface area contributed by atoms with Gasteiger partial charge in [0.25, 0.3) is 0 Å². The van der Waals surface area contributed by atoms with Gasteiger partial charge in [0, 0.05) is 6.20 Å². The Morgan fingerprint density at radius 1 is 1.56 bits per heavy atom. The van der Waals surface area contributed by atoms with Crippen LogP contribution in [0.3, 0.4) is 0 Å². The second-order valence-electron chi connectivity index (χ2n) is 3.50. The van der Waals surface area contributed by atoms with E-state index in [1.54, 1.807) is 12.4 Å². The molecule has 6 radical (unpaired) electrons. The van der Waals surface area contributed by atoms with Gasteiger partial charge < -0.3 is 11.1 Å². The summed E-state index contributed by atoms with van der Waals surface area (Å²) in [6.45, 7) is 1.87. The standard InChI is InChI=1S/C9H9B3BrN3/c1-5(3-16-9(10,11)12)6-2-7(13)8(14)15-4-6/h2-4,16H,1H3,(H2,14,15)/b5-3+. The molecule has 1 aromatic rings. The fraction of sp³-hybridized carbons (Fsp3) is 0.222. The number of nitrogens with one attached hydrogen (secondary N) is 1. The highest BCUT2D eigenvalue weighted by molar-refractivity contribution is 9.10. The van der Waals surface area contributed by atoms with E-state index in [-0.39, 0.29) is 0 Å². The van der Waals surface area contributed by atoms with Gasteiger partial charge in [-0.2, -0.15) is 0 Å². The molecule has 16 heavy (non-hydrogen) atoms. The molecule has 0 unspecified atom stereocenters. The van der Waals surface area contributed by atoms with Gasteiger partial charge >= 0.3 is 0 Å². The van der Waals surface area contributed by atoms with Crippen molar-refractivity contribution in [3.63, 3.8) is 0 Å². The lowest BCUT2D eigenvalue weighted by Gasteiger charge is -2.21. The molecular formula is C9H9B3BrN3. The Hall–Kier alpha value is -0.835. The maximum atomic E-state index is 5.58. The minimum atomic E-state index is -1.43. The van der Waals surface area contributed by atoms with Gasteiger partial charge in [0.15, 0.2) is 0 Å². The number of anilines is 1. The van der Waals surface area contributed by atoms with Gasteiger partial charge in [-0.3, -0.25) is 0 Å². The number of hydrogen-bond acceptors (Lipinski definition) is 3. The lowest BCUT2D eigenvalue weighted by Crippen LogP contribution is -2.44. The van der Waals surface area contributed by atoms with Gasteiger partial charge in [0.05, 0.1) is 28.0 Å². The van der Waals surface area contributed by atoms with Crippen LogP contribution in [0.1, 0.15) is 12.5 Å². The van der Waals surface area contributed by atoms with Crippen molar-refractivity contribution < 1.29 is 0 Å². The number of halogens is 1. The first-order chi connectivity index (χ1) is 7.29. The fourth-order valence-corrected chi connectivity index (χ4v) is 1.33. The molecule has 3 nitrogen and oxygen atoms in total. The van der Waals surface area contributed by atoms with Crippen LogP contribution in [0.25, 0.3) is 5.57 Å². The first kappa shape index (κ1) is 13.2. The topological polar surface area (TPSA) is 50.9 Å². The molecule has 0 amide bonds. The minimum absolute atomic E-state index is 0.440. The van der Waals surface area contributed by atoms with Gasteiger partial charge in [-0.25, -0.2) is 4.98 Å². The molecule has 0 bridgehead atoms. The Morgan fingerprint density at radius 2 is 2.19 bits per heavy atom. The van der Waals surface area contributed by atoms with Crippen molar-refractivity contribution >= 4 is 50.9 Å². The molecule has 1 aromatic heterocycles. The van der Waals surface area contributed by atoms with Crippen molar-refractivity contribution in [1.29, 1.82) is 0 Å². The number of allylic oxidation sites excluding steroid dienone is 1. The quantitative estimate of drug-likeness (QED) is 0.787. The summed E-state index contributed by atoms with van der Waals surface area (Å²) in [6.07, 6.45) is 3.28. The van der Waals surface area contributed by atoms with Gasteiger partial charge in [-0.15, -0.1) is 0 Å². The van der Waals surface area contributed by atoms with E-state index < -0.39 is 5.24 Å². The van der Waals surface area contributed by atoms with E-state index in [1.807, 2.05) is 13.0 Å². The smallest absolute Gasteiger partial charge is 0.137 e. The molecule has 0 aliphatic rings. The molecule has 1 heterocycles. The molecule has 7 heteroatoms.